The van der Waals surface area contributed by atoms with Crippen molar-refractivity contribution in [1.82, 2.24) is 0 Å². The van der Waals surface area contributed by atoms with Crippen molar-refractivity contribution < 1.29 is 77.1 Å². The molecule has 1 rings (SSSR count). The summed E-state index contributed by atoms with van der Waals surface area (Å²) in [5, 5.41) is 0. The molecule has 0 atom stereocenters. The van der Waals surface area contributed by atoms with Crippen molar-refractivity contribution in [2.75, 3.05) is 6.01 Å². The standard InChI is InChI=1S/C7H6BF4O2S.K/c9-5-15(13,14)7-3-1-6(2-4-7)8(10,11)12;/h1-4H,5H2;/q-1;+1. The molecule has 9 heteroatoms. The second-order valence-electron chi connectivity index (χ2n) is 2.87. The fourth-order valence-corrected chi connectivity index (χ4v) is 1.63. The Hall–Kier alpha value is 0.591. The number of sulfone groups is 1. The van der Waals surface area contributed by atoms with Crippen molar-refractivity contribution in [2.45, 2.75) is 4.90 Å². The normalized spacial score (nSPS) is 12.0. The van der Waals surface area contributed by atoms with Gasteiger partial charge in [0.25, 0.3) is 0 Å². The van der Waals surface area contributed by atoms with E-state index in [0.717, 1.165) is 12.1 Å². The Kier molecular flexibility index (Phi) is 6.18. The number of alkyl halides is 1. The minimum atomic E-state index is -5.15. The van der Waals surface area contributed by atoms with Crippen LogP contribution in [-0.2, 0) is 9.84 Å². The van der Waals surface area contributed by atoms with Crippen LogP contribution in [0, 0.1) is 0 Å². The molecule has 1 aromatic carbocycles. The van der Waals surface area contributed by atoms with Crippen LogP contribution in [0.2, 0.25) is 0 Å². The van der Waals surface area contributed by atoms with E-state index in [1.807, 2.05) is 0 Å². The van der Waals surface area contributed by atoms with Crippen molar-refractivity contribution in [3.05, 3.63) is 24.3 Å². The summed E-state index contributed by atoms with van der Waals surface area (Å²) < 4.78 is 70.2. The fourth-order valence-electron chi connectivity index (χ4n) is 0.956. The van der Waals surface area contributed by atoms with Gasteiger partial charge in [-0.25, -0.2) is 12.8 Å². The van der Waals surface area contributed by atoms with Crippen LogP contribution in [-0.4, -0.2) is 21.4 Å². The molecule has 0 aliphatic rings. The fraction of sp³-hybridized carbons (Fsp3) is 0.143. The third-order valence-corrected chi connectivity index (χ3v) is 3.04. The number of benzene rings is 1. The SMILES string of the molecule is O=S(=O)(CF)c1ccc([B-](F)(F)F)cc1.[K+]. The monoisotopic (exact) mass is 280 g/mol. The van der Waals surface area contributed by atoms with E-state index in [-0.39, 0.29) is 51.4 Å². The van der Waals surface area contributed by atoms with E-state index in [9.17, 15) is 25.8 Å². The van der Waals surface area contributed by atoms with Crippen LogP contribution < -0.4 is 56.8 Å². The topological polar surface area (TPSA) is 34.1 Å². The molecular formula is C7H6BF4KO2S. The summed E-state index contributed by atoms with van der Waals surface area (Å²) in [5.41, 5.74) is -0.909. The zero-order valence-electron chi connectivity index (χ0n) is 8.33. The summed E-state index contributed by atoms with van der Waals surface area (Å²) in [4.78, 5) is -0.450. The van der Waals surface area contributed by atoms with Gasteiger partial charge >= 0.3 is 58.4 Å². The van der Waals surface area contributed by atoms with Crippen LogP contribution in [0.5, 0.6) is 0 Å². The van der Waals surface area contributed by atoms with Gasteiger partial charge in [0.05, 0.1) is 4.90 Å². The summed E-state index contributed by atoms with van der Waals surface area (Å²) in [6.45, 7) is -5.15. The third kappa shape index (κ3) is 4.12. The van der Waals surface area contributed by atoms with Gasteiger partial charge in [-0.15, -0.1) is 5.46 Å². The quantitative estimate of drug-likeness (QED) is 0.496. The van der Waals surface area contributed by atoms with E-state index in [1.54, 1.807) is 0 Å². The number of halogens is 4. The van der Waals surface area contributed by atoms with Gasteiger partial charge in [-0.2, -0.15) is 0 Å². The maximum absolute atomic E-state index is 12.1. The molecule has 0 aliphatic heterocycles. The molecule has 0 amide bonds. The maximum Gasteiger partial charge on any atom is 1.00 e. The van der Waals surface area contributed by atoms with Crippen molar-refractivity contribution in [3.63, 3.8) is 0 Å². The Morgan fingerprint density at radius 3 is 1.81 bits per heavy atom. The van der Waals surface area contributed by atoms with Crippen LogP contribution in [0.3, 0.4) is 0 Å². The predicted molar refractivity (Wildman–Crippen MR) is 48.3 cm³/mol. The predicted octanol–water partition coefficient (Wildman–Crippen LogP) is -1.55. The van der Waals surface area contributed by atoms with E-state index in [4.69, 9.17) is 0 Å². The second-order valence-corrected chi connectivity index (χ2v) is 4.79. The largest absolute Gasteiger partial charge is 1.00 e. The second kappa shape index (κ2) is 5.96. The van der Waals surface area contributed by atoms with Gasteiger partial charge in [0.15, 0.2) is 6.01 Å². The van der Waals surface area contributed by atoms with Gasteiger partial charge in [0, 0.05) is 0 Å². The van der Waals surface area contributed by atoms with Gasteiger partial charge in [-0.3, -0.25) is 0 Å². The maximum atomic E-state index is 12.1. The Morgan fingerprint density at radius 2 is 1.50 bits per heavy atom. The minimum Gasteiger partial charge on any atom is -0.445 e. The molecule has 0 N–H and O–H groups in total. The van der Waals surface area contributed by atoms with Crippen molar-refractivity contribution >= 4 is 22.3 Å². The van der Waals surface area contributed by atoms with Gasteiger partial charge < -0.3 is 12.9 Å². The molecule has 0 aliphatic carbocycles. The molecule has 0 unspecified atom stereocenters. The summed E-state index contributed by atoms with van der Waals surface area (Å²) in [7, 11) is -4.09. The average molecular weight is 280 g/mol. The molecule has 0 radical (unpaired) electrons. The van der Waals surface area contributed by atoms with E-state index < -0.39 is 33.2 Å². The zero-order valence-corrected chi connectivity index (χ0v) is 12.3. The molecule has 1 aromatic rings. The van der Waals surface area contributed by atoms with Gasteiger partial charge in [-0.1, -0.05) is 12.1 Å². The minimum absolute atomic E-state index is 0. The Morgan fingerprint density at radius 1 is 1.06 bits per heavy atom. The van der Waals surface area contributed by atoms with Crippen LogP contribution in [0.15, 0.2) is 29.2 Å². The van der Waals surface area contributed by atoms with E-state index >= 15 is 0 Å². The Labute approximate surface area is 133 Å². The molecule has 2 nitrogen and oxygen atoms in total. The average Bonchev–Trinajstić information content (AvgIpc) is 2.17. The van der Waals surface area contributed by atoms with E-state index in [1.165, 1.54) is 0 Å². The summed E-state index contributed by atoms with van der Waals surface area (Å²) >= 11 is 0. The van der Waals surface area contributed by atoms with Gasteiger partial charge in [0.1, 0.15) is 0 Å². The van der Waals surface area contributed by atoms with Crippen LogP contribution in [0.25, 0.3) is 0 Å². The third-order valence-electron chi connectivity index (χ3n) is 1.76. The van der Waals surface area contributed by atoms with E-state index in [2.05, 4.69) is 0 Å². The Bertz CT molecular complexity index is 442. The number of hydrogen-bond donors (Lipinski definition) is 0. The molecule has 0 heterocycles. The van der Waals surface area contributed by atoms with Crippen LogP contribution in [0.1, 0.15) is 0 Å². The van der Waals surface area contributed by atoms with Crippen LogP contribution >= 0.6 is 0 Å². The van der Waals surface area contributed by atoms with Gasteiger partial charge in [-0.05, 0) is 12.1 Å². The first-order chi connectivity index (χ1) is 6.77. The van der Waals surface area contributed by atoms with Crippen molar-refractivity contribution in [3.8, 4) is 0 Å². The summed E-state index contributed by atoms with van der Waals surface area (Å²) in [5.74, 6) is 0. The molecule has 0 saturated carbocycles. The molecule has 16 heavy (non-hydrogen) atoms. The van der Waals surface area contributed by atoms with Crippen molar-refractivity contribution in [1.29, 1.82) is 0 Å². The molecule has 0 bridgehead atoms. The molecule has 0 fully saturated rings. The van der Waals surface area contributed by atoms with Crippen LogP contribution in [0.4, 0.5) is 17.3 Å². The zero-order chi connectivity index (χ0) is 11.7. The summed E-state index contributed by atoms with van der Waals surface area (Å²) in [6.07, 6.45) is 0. The first-order valence-electron chi connectivity index (χ1n) is 3.86. The first-order valence-corrected chi connectivity index (χ1v) is 5.51. The number of rotatable bonds is 3. The molecule has 0 aromatic heterocycles. The molecule has 0 saturated heterocycles. The molecular weight excluding hydrogens is 274 g/mol. The van der Waals surface area contributed by atoms with E-state index in [0.29, 0.717) is 12.1 Å². The molecule has 84 valence electrons. The Balaban J connectivity index is 0.00000225. The first kappa shape index (κ1) is 16.6. The number of hydrogen-bond acceptors (Lipinski definition) is 2. The summed E-state index contributed by atoms with van der Waals surface area (Å²) in [6, 6.07) is 1.13. The molecule has 0 spiro atoms. The smallest absolute Gasteiger partial charge is 0.445 e. The van der Waals surface area contributed by atoms with Gasteiger partial charge in [0.2, 0.25) is 9.84 Å². The van der Waals surface area contributed by atoms with Crippen molar-refractivity contribution in [2.24, 2.45) is 0 Å².